The molecule has 7 heteroatoms. The Kier molecular flexibility index (Phi) is 4.85. The number of rotatable bonds is 6. The predicted molar refractivity (Wildman–Crippen MR) is 101 cm³/mol. The Morgan fingerprint density at radius 2 is 1.85 bits per heavy atom. The molecule has 1 aromatic heterocycles. The lowest BCUT2D eigenvalue weighted by molar-refractivity contribution is 0.0999. The number of fused-ring (bicyclic) bond motifs is 1. The van der Waals surface area contributed by atoms with E-state index in [4.69, 9.17) is 13.9 Å². The monoisotopic (exact) mass is 382 g/mol. The summed E-state index contributed by atoms with van der Waals surface area (Å²) in [7, 11) is 3.14. The summed E-state index contributed by atoms with van der Waals surface area (Å²) in [5.74, 6) is 1.75. The van der Waals surface area contributed by atoms with Crippen molar-refractivity contribution in [2.24, 2.45) is 0 Å². The fraction of sp³-hybridized carbons (Fsp3) is 0.250. The van der Waals surface area contributed by atoms with E-state index in [1.54, 1.807) is 20.3 Å². The second kappa shape index (κ2) is 7.44. The van der Waals surface area contributed by atoms with Gasteiger partial charge in [0, 0.05) is 5.56 Å². The number of hydrogen-bond donors (Lipinski definition) is 0. The van der Waals surface area contributed by atoms with Crippen LogP contribution in [0.4, 0.5) is 0 Å². The van der Waals surface area contributed by atoms with Crippen LogP contribution in [0.3, 0.4) is 0 Å². The average molecular weight is 382 g/mol. The SMILES string of the molecule is COc1cc2c(cc1OC)C(=O)[C@H](Sc1nnc(Cc3ccccc3)o1)C2. The van der Waals surface area contributed by atoms with E-state index in [-0.39, 0.29) is 11.0 Å². The molecule has 1 aliphatic rings. The highest BCUT2D eigenvalue weighted by Gasteiger charge is 2.34. The zero-order chi connectivity index (χ0) is 18.8. The van der Waals surface area contributed by atoms with Crippen LogP contribution in [0.25, 0.3) is 0 Å². The van der Waals surface area contributed by atoms with Crippen LogP contribution in [0.1, 0.15) is 27.4 Å². The Labute approximate surface area is 160 Å². The van der Waals surface area contributed by atoms with E-state index in [1.165, 1.54) is 11.8 Å². The number of ether oxygens (including phenoxy) is 2. The number of nitrogens with zero attached hydrogens (tertiary/aromatic N) is 2. The molecule has 0 fully saturated rings. The van der Waals surface area contributed by atoms with Crippen LogP contribution in [0.15, 0.2) is 52.1 Å². The molecule has 1 atom stereocenters. The average Bonchev–Trinajstić information content (AvgIpc) is 3.26. The Morgan fingerprint density at radius 3 is 2.59 bits per heavy atom. The Hall–Kier alpha value is -2.80. The number of carbonyl (C=O) groups excluding carboxylic acids is 1. The van der Waals surface area contributed by atoms with Crippen molar-refractivity contribution in [2.75, 3.05) is 14.2 Å². The highest BCUT2D eigenvalue weighted by molar-refractivity contribution is 8.00. The van der Waals surface area contributed by atoms with Gasteiger partial charge in [-0.25, -0.2) is 0 Å². The summed E-state index contributed by atoms with van der Waals surface area (Å²) in [4.78, 5) is 12.8. The largest absolute Gasteiger partial charge is 0.493 e. The third-order valence-corrected chi connectivity index (χ3v) is 5.49. The van der Waals surface area contributed by atoms with E-state index in [0.29, 0.717) is 41.0 Å². The van der Waals surface area contributed by atoms with Gasteiger partial charge < -0.3 is 13.9 Å². The van der Waals surface area contributed by atoms with E-state index < -0.39 is 0 Å². The smallest absolute Gasteiger partial charge is 0.277 e. The summed E-state index contributed by atoms with van der Waals surface area (Å²) >= 11 is 1.30. The molecular weight excluding hydrogens is 364 g/mol. The first kappa shape index (κ1) is 17.6. The molecule has 138 valence electrons. The second-order valence-electron chi connectivity index (χ2n) is 6.16. The molecule has 2 aromatic carbocycles. The van der Waals surface area contributed by atoms with Crippen molar-refractivity contribution in [3.05, 3.63) is 65.0 Å². The van der Waals surface area contributed by atoms with Crippen LogP contribution in [-0.4, -0.2) is 35.5 Å². The first-order valence-electron chi connectivity index (χ1n) is 8.50. The summed E-state index contributed by atoms with van der Waals surface area (Å²) in [5, 5.41) is 8.30. The maximum Gasteiger partial charge on any atom is 0.277 e. The lowest BCUT2D eigenvalue weighted by Gasteiger charge is -2.09. The highest BCUT2D eigenvalue weighted by Crippen LogP contribution is 2.39. The molecule has 0 saturated carbocycles. The third kappa shape index (κ3) is 3.55. The third-order valence-electron chi connectivity index (χ3n) is 4.46. The summed E-state index contributed by atoms with van der Waals surface area (Å²) in [6.45, 7) is 0. The van der Waals surface area contributed by atoms with E-state index >= 15 is 0 Å². The van der Waals surface area contributed by atoms with Crippen molar-refractivity contribution in [1.29, 1.82) is 0 Å². The summed E-state index contributed by atoms with van der Waals surface area (Å²) in [6, 6.07) is 13.5. The molecular formula is C20H18N2O4S. The van der Waals surface area contributed by atoms with Crippen molar-refractivity contribution in [3.8, 4) is 11.5 Å². The standard InChI is InChI=1S/C20H18N2O4S/c1-24-15-9-13-10-17(19(23)14(13)11-16(15)25-2)27-20-22-21-18(26-20)8-12-6-4-3-5-7-12/h3-7,9,11,17H,8,10H2,1-2H3/t17-/m1/s1. The Bertz CT molecular complexity index is 971. The van der Waals surface area contributed by atoms with Crippen LogP contribution in [0.2, 0.25) is 0 Å². The minimum absolute atomic E-state index is 0.0405. The van der Waals surface area contributed by atoms with Crippen molar-refractivity contribution >= 4 is 17.5 Å². The summed E-state index contributed by atoms with van der Waals surface area (Å²) < 4.78 is 16.4. The maximum atomic E-state index is 12.8. The maximum absolute atomic E-state index is 12.8. The number of Topliss-reactive ketones (excluding diaryl/α,β-unsaturated/α-hetero) is 1. The lowest BCUT2D eigenvalue weighted by atomic mass is 10.1. The fourth-order valence-electron chi connectivity index (χ4n) is 3.13. The number of benzene rings is 2. The van der Waals surface area contributed by atoms with Gasteiger partial charge in [-0.15, -0.1) is 10.2 Å². The van der Waals surface area contributed by atoms with Crippen LogP contribution < -0.4 is 9.47 Å². The van der Waals surface area contributed by atoms with Crippen LogP contribution in [0, 0.1) is 0 Å². The van der Waals surface area contributed by atoms with E-state index in [0.717, 1.165) is 11.1 Å². The zero-order valence-electron chi connectivity index (χ0n) is 15.0. The molecule has 1 aliphatic carbocycles. The van der Waals surface area contributed by atoms with Gasteiger partial charge >= 0.3 is 0 Å². The Morgan fingerprint density at radius 1 is 1.11 bits per heavy atom. The molecule has 0 bridgehead atoms. The van der Waals surface area contributed by atoms with Crippen LogP contribution >= 0.6 is 11.8 Å². The number of thioether (sulfide) groups is 1. The van der Waals surface area contributed by atoms with Gasteiger partial charge in [-0.1, -0.05) is 42.1 Å². The van der Waals surface area contributed by atoms with Crippen molar-refractivity contribution in [1.82, 2.24) is 10.2 Å². The minimum atomic E-state index is -0.290. The molecule has 0 radical (unpaired) electrons. The van der Waals surface area contributed by atoms with Gasteiger partial charge in [0.05, 0.1) is 25.9 Å². The van der Waals surface area contributed by atoms with Gasteiger partial charge in [-0.3, -0.25) is 4.79 Å². The Balaban J connectivity index is 1.48. The van der Waals surface area contributed by atoms with Crippen molar-refractivity contribution in [2.45, 2.75) is 23.3 Å². The number of aromatic nitrogens is 2. The number of methoxy groups -OCH3 is 2. The lowest BCUT2D eigenvalue weighted by Crippen LogP contribution is -2.11. The molecule has 4 rings (SSSR count). The van der Waals surface area contributed by atoms with Gasteiger partial charge in [0.15, 0.2) is 17.3 Å². The fourth-order valence-corrected chi connectivity index (χ4v) is 4.10. The topological polar surface area (TPSA) is 74.5 Å². The molecule has 3 aromatic rings. The molecule has 0 unspecified atom stereocenters. The minimum Gasteiger partial charge on any atom is -0.493 e. The van der Waals surface area contributed by atoms with Gasteiger partial charge in [0.2, 0.25) is 5.89 Å². The first-order chi connectivity index (χ1) is 13.2. The normalized spacial score (nSPS) is 15.6. The van der Waals surface area contributed by atoms with Gasteiger partial charge in [-0.05, 0) is 29.7 Å². The van der Waals surface area contributed by atoms with Gasteiger partial charge in [0.1, 0.15) is 0 Å². The molecule has 0 N–H and O–H groups in total. The predicted octanol–water partition coefficient (Wildman–Crippen LogP) is 3.58. The quantitative estimate of drug-likeness (QED) is 0.645. The van der Waals surface area contributed by atoms with Crippen molar-refractivity contribution < 1.29 is 18.7 Å². The van der Waals surface area contributed by atoms with E-state index in [9.17, 15) is 4.79 Å². The van der Waals surface area contributed by atoms with Gasteiger partial charge in [-0.2, -0.15) is 0 Å². The number of ketones is 1. The molecule has 27 heavy (non-hydrogen) atoms. The molecule has 0 amide bonds. The zero-order valence-corrected chi connectivity index (χ0v) is 15.8. The number of hydrogen-bond acceptors (Lipinski definition) is 7. The van der Waals surface area contributed by atoms with Crippen LogP contribution in [0.5, 0.6) is 11.5 Å². The molecule has 6 nitrogen and oxygen atoms in total. The summed E-state index contributed by atoms with van der Waals surface area (Å²) in [6.07, 6.45) is 1.16. The number of carbonyl (C=O) groups is 1. The van der Waals surface area contributed by atoms with Crippen molar-refractivity contribution in [3.63, 3.8) is 0 Å². The highest BCUT2D eigenvalue weighted by atomic mass is 32.2. The van der Waals surface area contributed by atoms with Gasteiger partial charge in [0.25, 0.3) is 5.22 Å². The van der Waals surface area contributed by atoms with E-state index in [2.05, 4.69) is 10.2 Å². The molecule has 0 spiro atoms. The summed E-state index contributed by atoms with van der Waals surface area (Å²) in [5.41, 5.74) is 2.70. The van der Waals surface area contributed by atoms with E-state index in [1.807, 2.05) is 36.4 Å². The van der Waals surface area contributed by atoms with Crippen LogP contribution in [-0.2, 0) is 12.8 Å². The second-order valence-corrected chi connectivity index (χ2v) is 7.32. The molecule has 0 aliphatic heterocycles. The first-order valence-corrected chi connectivity index (χ1v) is 9.38. The molecule has 0 saturated heterocycles. The molecule has 1 heterocycles.